The molecule has 33 heavy (non-hydrogen) atoms. The summed E-state index contributed by atoms with van der Waals surface area (Å²) in [6, 6.07) is 21.3. The highest BCUT2D eigenvalue weighted by atomic mass is 19.4. The van der Waals surface area contributed by atoms with Gasteiger partial charge in [0.05, 0.1) is 12.2 Å². The largest absolute Gasteiger partial charge is 0.476 e. The molecule has 3 aromatic carbocycles. The Morgan fingerprint density at radius 2 is 1.55 bits per heavy atom. The smallest absolute Gasteiger partial charge is 0.416 e. The number of nitrogens with zero attached hydrogens (tertiary/aromatic N) is 1. The minimum atomic E-state index is -4.62. The molecule has 1 atom stereocenters. The SMILES string of the molecule is CCOC(=O)CN(C(=O)C(Oc1ccccc1)c1ccccc1)c1cccc(C(F)(F)F)c1. The summed E-state index contributed by atoms with van der Waals surface area (Å²) >= 11 is 0. The van der Waals surface area contributed by atoms with Crippen LogP contribution in [-0.4, -0.2) is 25.0 Å². The van der Waals surface area contributed by atoms with Crippen molar-refractivity contribution in [2.75, 3.05) is 18.1 Å². The molecule has 0 radical (unpaired) electrons. The average Bonchev–Trinajstić information content (AvgIpc) is 2.81. The van der Waals surface area contributed by atoms with Gasteiger partial charge in [0.25, 0.3) is 5.91 Å². The normalized spacial score (nSPS) is 12.0. The summed E-state index contributed by atoms with van der Waals surface area (Å²) in [5.74, 6) is -1.08. The molecule has 3 rings (SSSR count). The minimum Gasteiger partial charge on any atom is -0.476 e. The third kappa shape index (κ3) is 6.35. The van der Waals surface area contributed by atoms with E-state index in [1.807, 2.05) is 0 Å². The number of carbonyl (C=O) groups excluding carboxylic acids is 2. The highest BCUT2D eigenvalue weighted by Gasteiger charge is 2.34. The van der Waals surface area contributed by atoms with Crippen LogP contribution in [0.1, 0.15) is 24.2 Å². The number of halogens is 3. The molecule has 0 aliphatic heterocycles. The molecule has 0 bridgehead atoms. The molecule has 0 aromatic heterocycles. The predicted octanol–water partition coefficient (Wildman–Crippen LogP) is 5.42. The molecule has 0 heterocycles. The summed E-state index contributed by atoms with van der Waals surface area (Å²) in [6.07, 6.45) is -5.83. The van der Waals surface area contributed by atoms with E-state index in [4.69, 9.17) is 9.47 Å². The molecule has 172 valence electrons. The third-order valence-electron chi connectivity index (χ3n) is 4.67. The van der Waals surface area contributed by atoms with Crippen LogP contribution in [0.5, 0.6) is 5.75 Å². The van der Waals surface area contributed by atoms with E-state index < -0.39 is 36.3 Å². The number of hydrogen-bond donors (Lipinski definition) is 0. The van der Waals surface area contributed by atoms with Gasteiger partial charge in [0, 0.05) is 11.3 Å². The van der Waals surface area contributed by atoms with E-state index in [2.05, 4.69) is 0 Å². The molecule has 0 spiro atoms. The first kappa shape index (κ1) is 23.8. The van der Waals surface area contributed by atoms with E-state index in [-0.39, 0.29) is 12.3 Å². The van der Waals surface area contributed by atoms with E-state index >= 15 is 0 Å². The molecular formula is C25H22F3NO4. The number of rotatable bonds is 8. The van der Waals surface area contributed by atoms with Gasteiger partial charge in [-0.1, -0.05) is 54.6 Å². The van der Waals surface area contributed by atoms with Crippen molar-refractivity contribution in [1.82, 2.24) is 0 Å². The van der Waals surface area contributed by atoms with Crippen molar-refractivity contribution in [3.8, 4) is 5.75 Å². The quantitative estimate of drug-likeness (QED) is 0.424. The standard InChI is InChI=1S/C25H22F3NO4/c1-2-32-22(30)17-29(20-13-9-12-19(16-20)25(26,27)28)24(31)23(18-10-5-3-6-11-18)33-21-14-7-4-8-15-21/h3-16,23H,2,17H2,1H3. The van der Waals surface area contributed by atoms with Crippen molar-refractivity contribution in [3.63, 3.8) is 0 Å². The Morgan fingerprint density at radius 1 is 0.909 bits per heavy atom. The summed E-state index contributed by atoms with van der Waals surface area (Å²) in [5, 5.41) is 0. The fourth-order valence-electron chi connectivity index (χ4n) is 3.15. The van der Waals surface area contributed by atoms with Crippen molar-refractivity contribution in [1.29, 1.82) is 0 Å². The highest BCUT2D eigenvalue weighted by molar-refractivity contribution is 6.01. The van der Waals surface area contributed by atoms with E-state index in [1.165, 1.54) is 12.1 Å². The molecule has 5 nitrogen and oxygen atoms in total. The predicted molar refractivity (Wildman–Crippen MR) is 117 cm³/mol. The first-order chi connectivity index (χ1) is 15.8. The maximum absolute atomic E-state index is 13.7. The van der Waals surface area contributed by atoms with Gasteiger partial charge in [-0.25, -0.2) is 0 Å². The Hall–Kier alpha value is -3.81. The van der Waals surface area contributed by atoms with Crippen molar-refractivity contribution >= 4 is 17.6 Å². The van der Waals surface area contributed by atoms with Gasteiger partial charge in [-0.2, -0.15) is 13.2 Å². The van der Waals surface area contributed by atoms with Crippen molar-refractivity contribution in [3.05, 3.63) is 96.1 Å². The fourth-order valence-corrected chi connectivity index (χ4v) is 3.15. The number of alkyl halides is 3. The number of hydrogen-bond acceptors (Lipinski definition) is 4. The molecule has 0 N–H and O–H groups in total. The Balaban J connectivity index is 2.04. The summed E-state index contributed by atoms with van der Waals surface area (Å²) < 4.78 is 50.8. The van der Waals surface area contributed by atoms with Gasteiger partial charge < -0.3 is 9.47 Å². The maximum Gasteiger partial charge on any atom is 0.416 e. The molecule has 3 aromatic rings. The lowest BCUT2D eigenvalue weighted by Crippen LogP contribution is -2.41. The van der Waals surface area contributed by atoms with E-state index in [0.29, 0.717) is 11.3 Å². The van der Waals surface area contributed by atoms with Crippen LogP contribution in [0.25, 0.3) is 0 Å². The zero-order chi connectivity index (χ0) is 23.8. The lowest BCUT2D eigenvalue weighted by molar-refractivity contribution is -0.142. The number of anilines is 1. The summed E-state index contributed by atoms with van der Waals surface area (Å²) in [4.78, 5) is 26.9. The van der Waals surface area contributed by atoms with Crippen molar-refractivity contribution < 1.29 is 32.2 Å². The number of amides is 1. The first-order valence-corrected chi connectivity index (χ1v) is 10.2. The van der Waals surface area contributed by atoms with E-state index in [9.17, 15) is 22.8 Å². The van der Waals surface area contributed by atoms with Crippen LogP contribution in [-0.2, 0) is 20.5 Å². The third-order valence-corrected chi connectivity index (χ3v) is 4.67. The summed E-state index contributed by atoms with van der Waals surface area (Å²) in [6.45, 7) is 1.08. The maximum atomic E-state index is 13.7. The van der Waals surface area contributed by atoms with Crippen LogP contribution in [0.3, 0.4) is 0 Å². The zero-order valence-electron chi connectivity index (χ0n) is 17.8. The van der Waals surface area contributed by atoms with Gasteiger partial charge in [-0.3, -0.25) is 14.5 Å². The molecule has 0 saturated carbocycles. The summed E-state index contributed by atoms with van der Waals surface area (Å²) in [7, 11) is 0. The van der Waals surface area contributed by atoms with Gasteiger partial charge in [0.15, 0.2) is 0 Å². The van der Waals surface area contributed by atoms with Crippen LogP contribution in [0, 0.1) is 0 Å². The fraction of sp³-hybridized carbons (Fsp3) is 0.200. The molecule has 8 heteroatoms. The lowest BCUT2D eigenvalue weighted by Gasteiger charge is -2.28. The second-order valence-electron chi connectivity index (χ2n) is 7.00. The molecular weight excluding hydrogens is 435 g/mol. The molecule has 0 saturated heterocycles. The minimum absolute atomic E-state index is 0.0616. The molecule has 0 aliphatic carbocycles. The Kier molecular flexibility index (Phi) is 7.71. The average molecular weight is 457 g/mol. The molecule has 0 aliphatic rings. The van der Waals surface area contributed by atoms with Crippen LogP contribution in [0.2, 0.25) is 0 Å². The summed E-state index contributed by atoms with van der Waals surface area (Å²) in [5.41, 5.74) is -0.561. The van der Waals surface area contributed by atoms with Crippen molar-refractivity contribution in [2.24, 2.45) is 0 Å². The van der Waals surface area contributed by atoms with Crippen molar-refractivity contribution in [2.45, 2.75) is 19.2 Å². The Morgan fingerprint density at radius 3 is 2.15 bits per heavy atom. The Labute approximate surface area is 189 Å². The topological polar surface area (TPSA) is 55.8 Å². The number of esters is 1. The lowest BCUT2D eigenvalue weighted by atomic mass is 10.1. The monoisotopic (exact) mass is 457 g/mol. The van der Waals surface area contributed by atoms with E-state index in [1.54, 1.807) is 67.6 Å². The number of para-hydroxylation sites is 1. The second-order valence-corrected chi connectivity index (χ2v) is 7.00. The number of ether oxygens (including phenoxy) is 2. The van der Waals surface area contributed by atoms with Crippen LogP contribution in [0.15, 0.2) is 84.9 Å². The van der Waals surface area contributed by atoms with E-state index in [0.717, 1.165) is 17.0 Å². The second kappa shape index (κ2) is 10.7. The van der Waals surface area contributed by atoms with Gasteiger partial charge >= 0.3 is 12.1 Å². The molecule has 1 unspecified atom stereocenters. The van der Waals surface area contributed by atoms with Crippen LogP contribution >= 0.6 is 0 Å². The molecule has 1 amide bonds. The van der Waals surface area contributed by atoms with Gasteiger partial charge in [-0.05, 0) is 37.3 Å². The number of carbonyl (C=O) groups is 2. The first-order valence-electron chi connectivity index (χ1n) is 10.2. The van der Waals surface area contributed by atoms with Gasteiger partial charge in [-0.15, -0.1) is 0 Å². The highest BCUT2D eigenvalue weighted by Crippen LogP contribution is 2.33. The van der Waals surface area contributed by atoms with Gasteiger partial charge in [0.2, 0.25) is 6.10 Å². The van der Waals surface area contributed by atoms with Gasteiger partial charge in [0.1, 0.15) is 12.3 Å². The Bertz CT molecular complexity index is 1070. The number of benzene rings is 3. The molecule has 0 fully saturated rings. The zero-order valence-corrected chi connectivity index (χ0v) is 17.8. The van der Waals surface area contributed by atoms with Crippen LogP contribution < -0.4 is 9.64 Å². The van der Waals surface area contributed by atoms with Crippen LogP contribution in [0.4, 0.5) is 18.9 Å².